The van der Waals surface area contributed by atoms with Crippen molar-refractivity contribution in [3.8, 4) is 0 Å². The first kappa shape index (κ1) is 13.4. The van der Waals surface area contributed by atoms with Crippen molar-refractivity contribution in [1.82, 2.24) is 4.98 Å². The molecule has 1 heterocycles. The van der Waals surface area contributed by atoms with Gasteiger partial charge < -0.3 is 4.98 Å². The lowest BCUT2D eigenvalue weighted by molar-refractivity contribution is 0.0994. The largest absolute Gasteiger partial charge is 0.360 e. The molecule has 0 aliphatic heterocycles. The molecule has 2 aromatic carbocycles. The number of ketones is 1. The van der Waals surface area contributed by atoms with Crippen LogP contribution in [0.1, 0.15) is 15.9 Å². The third-order valence-electron chi connectivity index (χ3n) is 3.20. The Bertz CT molecular complexity index is 794. The number of aromatic amines is 1. The van der Waals surface area contributed by atoms with Crippen LogP contribution < -0.4 is 0 Å². The van der Waals surface area contributed by atoms with Gasteiger partial charge in [-0.3, -0.25) is 4.79 Å². The summed E-state index contributed by atoms with van der Waals surface area (Å²) in [4.78, 5) is 15.6. The van der Waals surface area contributed by atoms with E-state index in [1.807, 2.05) is 36.4 Å². The van der Waals surface area contributed by atoms with Crippen LogP contribution >= 0.6 is 27.5 Å². The van der Waals surface area contributed by atoms with Crippen molar-refractivity contribution in [2.75, 3.05) is 0 Å². The van der Waals surface area contributed by atoms with E-state index in [4.69, 9.17) is 11.6 Å². The van der Waals surface area contributed by atoms with Gasteiger partial charge in [-0.25, -0.2) is 0 Å². The molecule has 20 heavy (non-hydrogen) atoms. The molecule has 1 aromatic heterocycles. The predicted molar refractivity (Wildman–Crippen MR) is 85.5 cm³/mol. The minimum Gasteiger partial charge on any atom is -0.360 e. The molecule has 0 spiro atoms. The highest BCUT2D eigenvalue weighted by Crippen LogP contribution is 2.24. The lowest BCUT2D eigenvalue weighted by Gasteiger charge is -2.01. The lowest BCUT2D eigenvalue weighted by atomic mass is 10.0. The highest BCUT2D eigenvalue weighted by molar-refractivity contribution is 9.10. The third-order valence-corrected chi connectivity index (χ3v) is 3.93. The van der Waals surface area contributed by atoms with Crippen molar-refractivity contribution < 1.29 is 4.79 Å². The van der Waals surface area contributed by atoms with Crippen LogP contribution in [0.25, 0.3) is 10.9 Å². The first-order valence-electron chi connectivity index (χ1n) is 6.18. The van der Waals surface area contributed by atoms with Crippen LogP contribution in [0.2, 0.25) is 5.02 Å². The zero-order chi connectivity index (χ0) is 14.1. The molecule has 3 rings (SSSR count). The second-order valence-corrected chi connectivity index (χ2v) is 5.97. The number of hydrogen-bond acceptors (Lipinski definition) is 1. The van der Waals surface area contributed by atoms with E-state index in [2.05, 4.69) is 20.9 Å². The number of nitrogens with one attached hydrogen (secondary N) is 1. The van der Waals surface area contributed by atoms with E-state index < -0.39 is 0 Å². The molecule has 0 saturated heterocycles. The average molecular weight is 349 g/mol. The highest BCUT2D eigenvalue weighted by Gasteiger charge is 2.13. The molecule has 0 radical (unpaired) electrons. The maximum atomic E-state index is 12.4. The van der Waals surface area contributed by atoms with E-state index >= 15 is 0 Å². The predicted octanol–water partition coefficient (Wildman–Crippen LogP) is 5.01. The van der Waals surface area contributed by atoms with Gasteiger partial charge in [-0.1, -0.05) is 39.7 Å². The Morgan fingerprint density at radius 2 is 2.05 bits per heavy atom. The summed E-state index contributed by atoms with van der Waals surface area (Å²) in [6.07, 6.45) is 2.12. The van der Waals surface area contributed by atoms with Crippen molar-refractivity contribution in [1.29, 1.82) is 0 Å². The number of carbonyl (C=O) groups is 1. The van der Waals surface area contributed by atoms with Crippen molar-refractivity contribution in [3.63, 3.8) is 0 Å². The second-order valence-electron chi connectivity index (χ2n) is 4.62. The first-order chi connectivity index (χ1) is 9.63. The fraction of sp³-hybridized carbons (Fsp3) is 0.0625. The summed E-state index contributed by atoms with van der Waals surface area (Å²) in [5.74, 6) is 0.0802. The number of benzene rings is 2. The number of Topliss-reactive ketones (excluding diaryl/α,β-unsaturated/α-hetero) is 1. The highest BCUT2D eigenvalue weighted by atomic mass is 79.9. The van der Waals surface area contributed by atoms with Crippen LogP contribution in [0.3, 0.4) is 0 Å². The Morgan fingerprint density at radius 3 is 2.85 bits per heavy atom. The quantitative estimate of drug-likeness (QED) is 0.663. The maximum Gasteiger partial charge on any atom is 0.169 e. The van der Waals surface area contributed by atoms with E-state index in [9.17, 15) is 4.79 Å². The molecule has 0 saturated carbocycles. The molecule has 100 valence electrons. The van der Waals surface area contributed by atoms with Gasteiger partial charge in [-0.2, -0.15) is 0 Å². The van der Waals surface area contributed by atoms with Crippen LogP contribution in [0.15, 0.2) is 53.1 Å². The minimum atomic E-state index is 0.0802. The fourth-order valence-corrected chi connectivity index (χ4v) is 2.83. The monoisotopic (exact) mass is 347 g/mol. The number of fused-ring (bicyclic) bond motifs is 1. The normalized spacial score (nSPS) is 10.9. The summed E-state index contributed by atoms with van der Waals surface area (Å²) >= 11 is 9.38. The molecule has 1 N–H and O–H groups in total. The number of hydrogen-bond donors (Lipinski definition) is 1. The van der Waals surface area contributed by atoms with Gasteiger partial charge in [0.05, 0.1) is 0 Å². The van der Waals surface area contributed by atoms with Gasteiger partial charge in [0.2, 0.25) is 0 Å². The van der Waals surface area contributed by atoms with Crippen LogP contribution in [0, 0.1) is 0 Å². The van der Waals surface area contributed by atoms with Gasteiger partial charge in [-0.15, -0.1) is 0 Å². The summed E-state index contributed by atoms with van der Waals surface area (Å²) in [6, 6.07) is 13.3. The van der Waals surface area contributed by atoms with Crippen molar-refractivity contribution in [2.24, 2.45) is 0 Å². The molecule has 3 aromatic rings. The van der Waals surface area contributed by atoms with Crippen molar-refractivity contribution >= 4 is 44.2 Å². The zero-order valence-corrected chi connectivity index (χ0v) is 12.8. The van der Waals surface area contributed by atoms with Gasteiger partial charge in [0.15, 0.2) is 5.78 Å². The number of aromatic nitrogens is 1. The van der Waals surface area contributed by atoms with E-state index in [-0.39, 0.29) is 5.78 Å². The summed E-state index contributed by atoms with van der Waals surface area (Å²) in [5, 5.41) is 1.59. The molecule has 0 atom stereocenters. The topological polar surface area (TPSA) is 32.9 Å². The van der Waals surface area contributed by atoms with Gasteiger partial charge in [0.25, 0.3) is 0 Å². The third kappa shape index (κ3) is 2.65. The van der Waals surface area contributed by atoms with E-state index in [0.717, 1.165) is 20.9 Å². The van der Waals surface area contributed by atoms with Crippen LogP contribution in [0.4, 0.5) is 0 Å². The zero-order valence-electron chi connectivity index (χ0n) is 10.5. The molecule has 0 amide bonds. The lowest BCUT2D eigenvalue weighted by Crippen LogP contribution is -2.02. The number of H-pyrrole nitrogens is 1. The van der Waals surface area contributed by atoms with Crippen LogP contribution in [-0.2, 0) is 6.42 Å². The standard InChI is InChI=1S/C16H11BrClNO/c17-11-4-5-15-13(8-11)14(9-19-15)16(20)7-10-2-1-3-12(18)6-10/h1-6,8-9,19H,7H2. The van der Waals surface area contributed by atoms with E-state index in [1.54, 1.807) is 12.3 Å². The van der Waals surface area contributed by atoms with Gasteiger partial charge in [0.1, 0.15) is 0 Å². The molecule has 0 bridgehead atoms. The summed E-state index contributed by atoms with van der Waals surface area (Å²) < 4.78 is 0.960. The molecule has 2 nitrogen and oxygen atoms in total. The molecule has 0 aliphatic rings. The Balaban J connectivity index is 1.94. The van der Waals surface area contributed by atoms with Gasteiger partial charge >= 0.3 is 0 Å². The molecule has 4 heteroatoms. The summed E-state index contributed by atoms with van der Waals surface area (Å²) in [7, 11) is 0. The first-order valence-corrected chi connectivity index (χ1v) is 7.35. The Morgan fingerprint density at radius 1 is 1.20 bits per heavy atom. The van der Waals surface area contributed by atoms with Crippen molar-refractivity contribution in [3.05, 3.63) is 69.3 Å². The van der Waals surface area contributed by atoms with Gasteiger partial charge in [0, 0.05) is 38.6 Å². The average Bonchev–Trinajstić information content (AvgIpc) is 2.81. The Labute approximate surface area is 129 Å². The SMILES string of the molecule is O=C(Cc1cccc(Cl)c1)c1c[nH]c2ccc(Br)cc12. The number of halogens is 2. The minimum absolute atomic E-state index is 0.0802. The van der Waals surface area contributed by atoms with Crippen LogP contribution in [-0.4, -0.2) is 10.8 Å². The summed E-state index contributed by atoms with van der Waals surface area (Å²) in [6.45, 7) is 0. The van der Waals surface area contributed by atoms with Gasteiger partial charge in [-0.05, 0) is 35.9 Å². The molecular formula is C16H11BrClNO. The van der Waals surface area contributed by atoms with Crippen molar-refractivity contribution in [2.45, 2.75) is 6.42 Å². The number of carbonyl (C=O) groups excluding carboxylic acids is 1. The Kier molecular flexibility index (Phi) is 3.64. The molecule has 0 unspecified atom stereocenters. The molecular weight excluding hydrogens is 338 g/mol. The summed E-state index contributed by atoms with van der Waals surface area (Å²) in [5.41, 5.74) is 2.59. The maximum absolute atomic E-state index is 12.4. The Hall–Kier alpha value is -1.58. The second kappa shape index (κ2) is 5.43. The van der Waals surface area contributed by atoms with E-state index in [1.165, 1.54) is 0 Å². The van der Waals surface area contributed by atoms with E-state index in [0.29, 0.717) is 17.0 Å². The fourth-order valence-electron chi connectivity index (χ4n) is 2.25. The smallest absolute Gasteiger partial charge is 0.169 e. The molecule has 0 fully saturated rings. The number of rotatable bonds is 3. The molecule has 0 aliphatic carbocycles. The van der Waals surface area contributed by atoms with Crippen LogP contribution in [0.5, 0.6) is 0 Å².